The van der Waals surface area contributed by atoms with E-state index in [2.05, 4.69) is 4.98 Å². The van der Waals surface area contributed by atoms with Crippen molar-refractivity contribution in [3.05, 3.63) is 30.0 Å². The molecule has 0 saturated carbocycles. The fraction of sp³-hybridized carbons (Fsp3) is 0.429. The lowest BCUT2D eigenvalue weighted by molar-refractivity contribution is 0.358. The monoisotopic (exact) mass is 236 g/mol. The Morgan fingerprint density at radius 3 is 3.00 bits per heavy atom. The highest BCUT2D eigenvalue weighted by Crippen LogP contribution is 2.23. The second kappa shape index (κ2) is 5.23. The first-order chi connectivity index (χ1) is 9.75. The van der Waals surface area contributed by atoms with Gasteiger partial charge >= 0.3 is 0 Å². The van der Waals surface area contributed by atoms with Crippen LogP contribution in [0, 0.1) is 0 Å². The Bertz CT molecular complexity index is 639. The van der Waals surface area contributed by atoms with Gasteiger partial charge in [0.2, 0.25) is 0 Å². The average molecular weight is 236 g/mol. The number of ether oxygens (including phenoxy) is 1. The van der Waals surface area contributed by atoms with Crippen molar-refractivity contribution in [2.24, 2.45) is 0 Å². The molecule has 1 N–H and O–H groups in total. The lowest BCUT2D eigenvalue weighted by atomic mass is 10.1. The minimum atomic E-state index is -2.16. The maximum absolute atomic E-state index is 8.32. The number of nitrogens with one attached hydrogen (secondary N) is 1. The molecule has 0 saturated heterocycles. The molecule has 0 fully saturated rings. The van der Waals surface area contributed by atoms with Gasteiger partial charge in [0.1, 0.15) is 5.75 Å². The van der Waals surface area contributed by atoms with E-state index in [4.69, 9.17) is 10.2 Å². The SMILES string of the molecule is [2H]C([2H])(c1c[nH]c2ccc(OC)cc12)C([2H])([2H])N(C)CC. The van der Waals surface area contributed by atoms with E-state index in [1.165, 1.54) is 11.1 Å². The number of aryl methyl sites for hydroxylation is 1. The van der Waals surface area contributed by atoms with Crippen molar-refractivity contribution < 1.29 is 10.2 Å². The molecule has 17 heavy (non-hydrogen) atoms. The molecule has 0 amide bonds. The van der Waals surface area contributed by atoms with Gasteiger partial charge in [-0.15, -0.1) is 0 Å². The fourth-order valence-corrected chi connectivity index (χ4v) is 1.56. The van der Waals surface area contributed by atoms with Crippen LogP contribution >= 0.6 is 0 Å². The lowest BCUT2D eigenvalue weighted by Crippen LogP contribution is -2.20. The van der Waals surface area contributed by atoms with Gasteiger partial charge in [-0.3, -0.25) is 0 Å². The first kappa shape index (κ1) is 7.77. The zero-order valence-corrected chi connectivity index (χ0v) is 10.4. The standard InChI is InChI=1S/C14H20N2O/c1-4-16(2)8-7-11-10-15-14-6-5-12(17-3)9-13(11)14/h5-6,9-10,15H,4,7-8H2,1-3H3/i7D2,8D2. The first-order valence-corrected chi connectivity index (χ1v) is 5.62. The molecule has 3 nitrogen and oxygen atoms in total. The third kappa shape index (κ3) is 2.61. The number of hydrogen-bond donors (Lipinski definition) is 1. The van der Waals surface area contributed by atoms with E-state index < -0.39 is 12.9 Å². The molecule has 1 heterocycles. The molecule has 0 aliphatic rings. The molecule has 3 heteroatoms. The van der Waals surface area contributed by atoms with Crippen LogP contribution in [-0.2, 0) is 6.37 Å². The molecular weight excluding hydrogens is 212 g/mol. The van der Waals surface area contributed by atoms with Crippen LogP contribution in [0.5, 0.6) is 5.75 Å². The van der Waals surface area contributed by atoms with Gasteiger partial charge in [-0.05, 0) is 43.7 Å². The number of likely N-dealkylation sites (N-methyl/N-ethyl adjacent to an activating group) is 1. The Morgan fingerprint density at radius 2 is 2.29 bits per heavy atom. The van der Waals surface area contributed by atoms with Crippen molar-refractivity contribution in [3.8, 4) is 5.75 Å². The van der Waals surface area contributed by atoms with Crippen molar-refractivity contribution in [2.75, 3.05) is 27.2 Å². The normalized spacial score (nSPS) is 16.5. The summed E-state index contributed by atoms with van der Waals surface area (Å²) < 4.78 is 38.1. The fourth-order valence-electron chi connectivity index (χ4n) is 1.56. The number of fused-ring (bicyclic) bond motifs is 1. The highest BCUT2D eigenvalue weighted by atomic mass is 16.5. The van der Waals surface area contributed by atoms with Crippen molar-refractivity contribution in [3.63, 3.8) is 0 Å². The van der Waals surface area contributed by atoms with Crippen LogP contribution in [0.4, 0.5) is 0 Å². The molecule has 0 spiro atoms. The molecule has 0 aliphatic heterocycles. The summed E-state index contributed by atoms with van der Waals surface area (Å²) in [6.07, 6.45) is -0.631. The topological polar surface area (TPSA) is 28.3 Å². The van der Waals surface area contributed by atoms with E-state index in [1.807, 2.05) is 0 Å². The summed E-state index contributed by atoms with van der Waals surface area (Å²) >= 11 is 0. The van der Waals surface area contributed by atoms with Crippen LogP contribution in [-0.4, -0.2) is 37.1 Å². The zero-order chi connectivity index (χ0) is 15.8. The summed E-state index contributed by atoms with van der Waals surface area (Å²) in [5.41, 5.74) is 1.05. The van der Waals surface area contributed by atoms with Crippen molar-refractivity contribution in [1.29, 1.82) is 0 Å². The maximum atomic E-state index is 8.32. The van der Waals surface area contributed by atoms with Crippen LogP contribution in [0.2, 0.25) is 0 Å². The van der Waals surface area contributed by atoms with Gasteiger partial charge in [-0.1, -0.05) is 6.92 Å². The molecule has 0 unspecified atom stereocenters. The van der Waals surface area contributed by atoms with Crippen molar-refractivity contribution in [1.82, 2.24) is 9.88 Å². The Kier molecular flexibility index (Phi) is 2.39. The Morgan fingerprint density at radius 1 is 1.47 bits per heavy atom. The minimum Gasteiger partial charge on any atom is -0.497 e. The van der Waals surface area contributed by atoms with E-state index >= 15 is 0 Å². The van der Waals surface area contributed by atoms with Gasteiger partial charge in [0.05, 0.1) is 7.11 Å². The van der Waals surface area contributed by atoms with Gasteiger partial charge < -0.3 is 14.6 Å². The van der Waals surface area contributed by atoms with Gasteiger partial charge in [-0.25, -0.2) is 0 Å². The summed E-state index contributed by atoms with van der Waals surface area (Å²) in [7, 11) is 3.12. The first-order valence-electron chi connectivity index (χ1n) is 7.62. The van der Waals surface area contributed by atoms with Crippen LogP contribution in [0.15, 0.2) is 24.4 Å². The second-order valence-corrected chi connectivity index (χ2v) is 3.86. The summed E-state index contributed by atoms with van der Waals surface area (Å²) in [5, 5.41) is 0.632. The van der Waals surface area contributed by atoms with Crippen LogP contribution in [0.25, 0.3) is 10.9 Å². The number of hydrogen-bond acceptors (Lipinski definition) is 2. The Hall–Kier alpha value is -1.48. The van der Waals surface area contributed by atoms with Gasteiger partial charge in [0.15, 0.2) is 0 Å². The summed E-state index contributed by atoms with van der Waals surface area (Å²) in [6, 6.07) is 5.30. The second-order valence-electron chi connectivity index (χ2n) is 3.86. The molecule has 0 radical (unpaired) electrons. The quantitative estimate of drug-likeness (QED) is 0.864. The van der Waals surface area contributed by atoms with E-state index in [0.717, 1.165) is 5.52 Å². The minimum absolute atomic E-state index is 0.293. The van der Waals surface area contributed by atoms with Crippen LogP contribution in [0.3, 0.4) is 0 Å². The largest absolute Gasteiger partial charge is 0.497 e. The van der Waals surface area contributed by atoms with Gasteiger partial charge in [-0.2, -0.15) is 0 Å². The van der Waals surface area contributed by atoms with E-state index in [1.54, 1.807) is 39.3 Å². The third-order valence-electron chi connectivity index (χ3n) is 2.74. The number of rotatable bonds is 5. The maximum Gasteiger partial charge on any atom is 0.119 e. The number of benzene rings is 1. The predicted molar refractivity (Wildman–Crippen MR) is 71.7 cm³/mol. The highest BCUT2D eigenvalue weighted by molar-refractivity contribution is 5.84. The van der Waals surface area contributed by atoms with Crippen molar-refractivity contribution in [2.45, 2.75) is 13.3 Å². The van der Waals surface area contributed by atoms with Crippen LogP contribution in [0.1, 0.15) is 18.0 Å². The number of nitrogens with zero attached hydrogens (tertiary/aromatic N) is 1. The molecule has 2 aromatic rings. The molecule has 2 rings (SSSR count). The van der Waals surface area contributed by atoms with Gasteiger partial charge in [0, 0.05) is 29.1 Å². The molecule has 0 bridgehead atoms. The highest BCUT2D eigenvalue weighted by Gasteiger charge is 2.05. The number of H-pyrrole nitrogens is 1. The van der Waals surface area contributed by atoms with Crippen molar-refractivity contribution >= 4 is 10.9 Å². The average Bonchev–Trinajstić information content (AvgIpc) is 2.89. The third-order valence-corrected chi connectivity index (χ3v) is 2.74. The lowest BCUT2D eigenvalue weighted by Gasteiger charge is -2.12. The summed E-state index contributed by atoms with van der Waals surface area (Å²) in [4.78, 5) is 4.36. The van der Waals surface area contributed by atoms with E-state index in [-0.39, 0.29) is 0 Å². The predicted octanol–water partition coefficient (Wildman–Crippen LogP) is 2.67. The molecule has 0 atom stereocenters. The zero-order valence-electron chi connectivity index (χ0n) is 14.4. The summed E-state index contributed by atoms with van der Waals surface area (Å²) in [6.45, 7) is 0.0876. The smallest absolute Gasteiger partial charge is 0.119 e. The molecule has 1 aromatic heterocycles. The Labute approximate surface area is 108 Å². The number of methoxy groups -OCH3 is 1. The number of aromatic amines is 1. The van der Waals surface area contributed by atoms with Gasteiger partial charge in [0.25, 0.3) is 0 Å². The number of aromatic nitrogens is 1. The van der Waals surface area contributed by atoms with Crippen LogP contribution < -0.4 is 4.74 Å². The molecular formula is C14H20N2O. The summed E-state index contributed by atoms with van der Waals surface area (Å²) in [5.74, 6) is 0.614. The molecule has 0 aliphatic carbocycles. The van der Waals surface area contributed by atoms with E-state index in [0.29, 0.717) is 23.2 Å². The molecule has 92 valence electrons. The molecule has 1 aromatic carbocycles. The van der Waals surface area contributed by atoms with E-state index in [9.17, 15) is 0 Å². The Balaban J connectivity index is 2.59.